The summed E-state index contributed by atoms with van der Waals surface area (Å²) in [6, 6.07) is 46.8. The molecule has 5 aromatic rings. The molecule has 0 bridgehead atoms. The van der Waals surface area contributed by atoms with Gasteiger partial charge in [0.25, 0.3) is 5.91 Å². The zero-order valence-corrected chi connectivity index (χ0v) is 25.5. The minimum atomic E-state index is -0.319. The van der Waals surface area contributed by atoms with Crippen LogP contribution in [0.4, 0.5) is 0 Å². The van der Waals surface area contributed by atoms with E-state index < -0.39 is 0 Å². The van der Waals surface area contributed by atoms with Crippen molar-refractivity contribution in [1.82, 2.24) is 10.2 Å². The summed E-state index contributed by atoms with van der Waals surface area (Å²) >= 11 is 1.55. The number of rotatable bonds is 11. The average Bonchev–Trinajstić information content (AvgIpc) is 3.59. The van der Waals surface area contributed by atoms with Gasteiger partial charge in [-0.25, -0.2) is 0 Å². The van der Waals surface area contributed by atoms with Crippen LogP contribution < -0.4 is 5.32 Å². The number of amides is 1. The van der Waals surface area contributed by atoms with Crippen LogP contribution in [0.5, 0.6) is 0 Å². The molecule has 1 saturated heterocycles. The standard InChI is InChI=1S/C39H40N2OS/c42-38(37-23-22-36(43-37)33-16-7-2-8-17-33)40-30-39(34-18-9-3-10-19-34,35-20-11-4-12-21-35)26-13-27-41-28-24-32(25-29-41)31-14-5-1-6-15-31/h1-12,14-23,32H,13,24-30H2,(H,40,42). The first-order valence-electron chi connectivity index (χ1n) is 15.5. The molecule has 1 N–H and O–H groups in total. The first-order valence-corrected chi connectivity index (χ1v) is 16.3. The second kappa shape index (κ2) is 14.0. The fourth-order valence-corrected chi connectivity index (χ4v) is 7.55. The summed E-state index contributed by atoms with van der Waals surface area (Å²) in [7, 11) is 0. The van der Waals surface area contributed by atoms with Gasteiger partial charge in [-0.15, -0.1) is 11.3 Å². The van der Waals surface area contributed by atoms with Crippen molar-refractivity contribution in [3.63, 3.8) is 0 Å². The number of hydrogen-bond donors (Lipinski definition) is 1. The van der Waals surface area contributed by atoms with Crippen LogP contribution in [-0.4, -0.2) is 37.0 Å². The van der Waals surface area contributed by atoms with Gasteiger partial charge in [-0.3, -0.25) is 4.79 Å². The average molecular weight is 585 g/mol. The monoisotopic (exact) mass is 584 g/mol. The van der Waals surface area contributed by atoms with Gasteiger partial charge in [0.05, 0.1) is 4.88 Å². The highest BCUT2D eigenvalue weighted by Gasteiger charge is 2.35. The molecule has 0 atom stereocenters. The van der Waals surface area contributed by atoms with Crippen molar-refractivity contribution < 1.29 is 4.79 Å². The van der Waals surface area contributed by atoms with Crippen LogP contribution in [0, 0.1) is 0 Å². The van der Waals surface area contributed by atoms with Crippen molar-refractivity contribution in [2.45, 2.75) is 37.0 Å². The molecule has 0 unspecified atom stereocenters. The van der Waals surface area contributed by atoms with Crippen molar-refractivity contribution in [3.05, 3.63) is 155 Å². The highest BCUT2D eigenvalue weighted by Crippen LogP contribution is 2.37. The lowest BCUT2D eigenvalue weighted by atomic mass is 9.71. The molecule has 0 spiro atoms. The molecule has 1 aromatic heterocycles. The molecule has 4 aromatic carbocycles. The number of nitrogens with one attached hydrogen (secondary N) is 1. The van der Waals surface area contributed by atoms with Gasteiger partial charge in [-0.2, -0.15) is 0 Å². The zero-order valence-electron chi connectivity index (χ0n) is 24.7. The first-order chi connectivity index (χ1) is 21.2. The van der Waals surface area contributed by atoms with E-state index in [0.717, 1.165) is 47.8 Å². The lowest BCUT2D eigenvalue weighted by Crippen LogP contribution is -2.42. The van der Waals surface area contributed by atoms with Crippen LogP contribution in [0.2, 0.25) is 0 Å². The highest BCUT2D eigenvalue weighted by atomic mass is 32.1. The van der Waals surface area contributed by atoms with E-state index in [-0.39, 0.29) is 11.3 Å². The number of hydrogen-bond acceptors (Lipinski definition) is 3. The number of carbonyl (C=O) groups excluding carboxylic acids is 1. The van der Waals surface area contributed by atoms with Gasteiger partial charge in [0, 0.05) is 16.8 Å². The molecule has 1 amide bonds. The first kappa shape index (κ1) is 29.1. The maximum absolute atomic E-state index is 13.6. The van der Waals surface area contributed by atoms with Gasteiger partial charge in [-0.05, 0) is 85.6 Å². The number of carbonyl (C=O) groups is 1. The van der Waals surface area contributed by atoms with E-state index in [0.29, 0.717) is 12.5 Å². The van der Waals surface area contributed by atoms with Crippen LogP contribution in [0.3, 0.4) is 0 Å². The fraction of sp³-hybridized carbons (Fsp3) is 0.256. The Balaban J connectivity index is 1.17. The molecule has 3 nitrogen and oxygen atoms in total. The summed E-state index contributed by atoms with van der Waals surface area (Å²) in [4.78, 5) is 18.0. The fourth-order valence-electron chi connectivity index (χ4n) is 6.62. The molecule has 0 saturated carbocycles. The Labute approximate surface area is 260 Å². The van der Waals surface area contributed by atoms with Crippen molar-refractivity contribution >= 4 is 17.2 Å². The maximum atomic E-state index is 13.6. The smallest absolute Gasteiger partial charge is 0.261 e. The van der Waals surface area contributed by atoms with E-state index in [4.69, 9.17) is 0 Å². The molecule has 1 aliphatic rings. The number of likely N-dealkylation sites (tertiary alicyclic amines) is 1. The van der Waals surface area contributed by atoms with E-state index >= 15 is 0 Å². The predicted octanol–water partition coefficient (Wildman–Crippen LogP) is 8.79. The zero-order chi connectivity index (χ0) is 29.3. The summed E-state index contributed by atoms with van der Waals surface area (Å²) < 4.78 is 0. The number of nitrogens with zero attached hydrogens (tertiary/aromatic N) is 1. The lowest BCUT2D eigenvalue weighted by molar-refractivity contribution is 0.0948. The number of thiophene rings is 1. The van der Waals surface area contributed by atoms with E-state index in [2.05, 4.69) is 119 Å². The number of benzene rings is 4. The number of piperidine rings is 1. The van der Waals surface area contributed by atoms with Gasteiger partial charge in [0.2, 0.25) is 0 Å². The van der Waals surface area contributed by atoms with Crippen LogP contribution in [0.25, 0.3) is 10.4 Å². The van der Waals surface area contributed by atoms with Gasteiger partial charge >= 0.3 is 0 Å². The Hall–Kier alpha value is -3.99. The van der Waals surface area contributed by atoms with Gasteiger partial charge < -0.3 is 10.2 Å². The second-order valence-electron chi connectivity index (χ2n) is 11.7. The second-order valence-corrected chi connectivity index (χ2v) is 12.7. The maximum Gasteiger partial charge on any atom is 0.261 e. The van der Waals surface area contributed by atoms with E-state index in [9.17, 15) is 4.79 Å². The topological polar surface area (TPSA) is 32.3 Å². The molecule has 4 heteroatoms. The minimum absolute atomic E-state index is 0.00796. The van der Waals surface area contributed by atoms with Gasteiger partial charge in [-0.1, -0.05) is 121 Å². The van der Waals surface area contributed by atoms with Crippen molar-refractivity contribution in [2.75, 3.05) is 26.2 Å². The van der Waals surface area contributed by atoms with Crippen molar-refractivity contribution in [3.8, 4) is 10.4 Å². The Bertz CT molecular complexity index is 1520. The SMILES string of the molecule is O=C(NCC(CCCN1CCC(c2ccccc2)CC1)(c1ccccc1)c1ccccc1)c1ccc(-c2ccccc2)s1. The Kier molecular flexibility index (Phi) is 9.47. The summed E-state index contributed by atoms with van der Waals surface area (Å²) in [6.07, 6.45) is 4.45. The van der Waals surface area contributed by atoms with Gasteiger partial charge in [0.15, 0.2) is 0 Å². The molecule has 43 heavy (non-hydrogen) atoms. The minimum Gasteiger partial charge on any atom is -0.350 e. The predicted molar refractivity (Wildman–Crippen MR) is 180 cm³/mol. The molecule has 6 rings (SSSR count). The lowest BCUT2D eigenvalue weighted by Gasteiger charge is -2.37. The third-order valence-electron chi connectivity index (χ3n) is 9.03. The summed E-state index contributed by atoms with van der Waals surface area (Å²) in [5.74, 6) is 0.659. The van der Waals surface area contributed by atoms with Crippen molar-refractivity contribution in [2.24, 2.45) is 0 Å². The van der Waals surface area contributed by atoms with Crippen LogP contribution >= 0.6 is 11.3 Å². The normalized spacial score (nSPS) is 14.4. The molecular formula is C39H40N2OS. The van der Waals surface area contributed by atoms with E-state index in [1.165, 1.54) is 29.5 Å². The molecular weight excluding hydrogens is 545 g/mol. The molecule has 0 radical (unpaired) electrons. The van der Waals surface area contributed by atoms with Crippen molar-refractivity contribution in [1.29, 1.82) is 0 Å². The molecule has 0 aliphatic carbocycles. The van der Waals surface area contributed by atoms with E-state index in [1.807, 2.05) is 24.3 Å². The van der Waals surface area contributed by atoms with Crippen LogP contribution in [0.1, 0.15) is 58.0 Å². The third kappa shape index (κ3) is 6.98. The van der Waals surface area contributed by atoms with Crippen LogP contribution in [0.15, 0.2) is 133 Å². The van der Waals surface area contributed by atoms with Crippen LogP contribution in [-0.2, 0) is 5.41 Å². The highest BCUT2D eigenvalue weighted by molar-refractivity contribution is 7.17. The quantitative estimate of drug-likeness (QED) is 0.168. The largest absolute Gasteiger partial charge is 0.350 e. The Morgan fingerprint density at radius 3 is 1.88 bits per heavy atom. The third-order valence-corrected chi connectivity index (χ3v) is 10.2. The molecule has 1 aliphatic heterocycles. The Morgan fingerprint density at radius 2 is 1.28 bits per heavy atom. The summed E-state index contributed by atoms with van der Waals surface area (Å²) in [5, 5.41) is 3.37. The molecule has 1 fully saturated rings. The summed E-state index contributed by atoms with van der Waals surface area (Å²) in [6.45, 7) is 3.90. The summed E-state index contributed by atoms with van der Waals surface area (Å²) in [5.41, 5.74) is 4.80. The Morgan fingerprint density at radius 1 is 0.721 bits per heavy atom. The van der Waals surface area contributed by atoms with E-state index in [1.54, 1.807) is 11.3 Å². The molecule has 2 heterocycles. The molecule has 218 valence electrons. The van der Waals surface area contributed by atoms with Gasteiger partial charge in [0.1, 0.15) is 0 Å².